The largest absolute Gasteiger partial charge is 0.299 e. The first kappa shape index (κ1) is 13.1. The summed E-state index contributed by atoms with van der Waals surface area (Å²) in [7, 11) is 0. The van der Waals surface area contributed by atoms with E-state index in [4.69, 9.17) is 0 Å². The zero-order valence-corrected chi connectivity index (χ0v) is 12.4. The first-order valence-corrected chi connectivity index (χ1v) is 7.12. The second-order valence-corrected chi connectivity index (χ2v) is 8.18. The van der Waals surface area contributed by atoms with Gasteiger partial charge in [0.15, 0.2) is 0 Å². The van der Waals surface area contributed by atoms with Gasteiger partial charge in [-0.05, 0) is 41.9 Å². The van der Waals surface area contributed by atoms with Crippen LogP contribution in [0.2, 0.25) is 0 Å². The Morgan fingerprint density at radius 3 is 2.18 bits per heavy atom. The SMILES string of the molecule is CC(C)(C)C(=O)CC1CC2CCC1(C)C2(C)C. The molecule has 1 nitrogen and oxygen atoms in total. The van der Waals surface area contributed by atoms with E-state index in [1.165, 1.54) is 19.3 Å². The summed E-state index contributed by atoms with van der Waals surface area (Å²) < 4.78 is 0. The minimum absolute atomic E-state index is 0.164. The quantitative estimate of drug-likeness (QED) is 0.692. The number of hydrogen-bond donors (Lipinski definition) is 0. The van der Waals surface area contributed by atoms with Crippen LogP contribution in [0.3, 0.4) is 0 Å². The molecule has 0 aromatic rings. The van der Waals surface area contributed by atoms with Crippen LogP contribution < -0.4 is 0 Å². The lowest BCUT2D eigenvalue weighted by Crippen LogP contribution is -2.35. The third-order valence-corrected chi connectivity index (χ3v) is 6.24. The van der Waals surface area contributed by atoms with E-state index in [0.29, 0.717) is 22.5 Å². The van der Waals surface area contributed by atoms with Crippen molar-refractivity contribution in [1.29, 1.82) is 0 Å². The van der Waals surface area contributed by atoms with Crippen molar-refractivity contribution in [3.05, 3.63) is 0 Å². The monoisotopic (exact) mass is 236 g/mol. The molecule has 98 valence electrons. The third-order valence-electron chi connectivity index (χ3n) is 6.24. The minimum Gasteiger partial charge on any atom is -0.299 e. The highest BCUT2D eigenvalue weighted by Crippen LogP contribution is 2.68. The average molecular weight is 236 g/mol. The summed E-state index contributed by atoms with van der Waals surface area (Å²) >= 11 is 0. The number of rotatable bonds is 2. The fraction of sp³-hybridized carbons (Fsp3) is 0.938. The highest BCUT2D eigenvalue weighted by Gasteiger charge is 2.61. The van der Waals surface area contributed by atoms with Gasteiger partial charge in [0.2, 0.25) is 0 Å². The van der Waals surface area contributed by atoms with Crippen molar-refractivity contribution in [3.63, 3.8) is 0 Å². The Morgan fingerprint density at radius 1 is 1.24 bits per heavy atom. The first-order valence-electron chi connectivity index (χ1n) is 7.12. The standard InChI is InChI=1S/C16H28O/c1-14(2,3)13(17)10-12-9-11-7-8-16(12,6)15(11,4)5/h11-12H,7-10H2,1-6H3. The second kappa shape index (κ2) is 3.59. The number of carbonyl (C=O) groups is 1. The molecule has 0 saturated heterocycles. The van der Waals surface area contributed by atoms with Gasteiger partial charge in [-0.3, -0.25) is 4.79 Å². The van der Waals surface area contributed by atoms with E-state index >= 15 is 0 Å². The predicted octanol–water partition coefficient (Wildman–Crippen LogP) is 4.45. The summed E-state index contributed by atoms with van der Waals surface area (Å²) in [5.41, 5.74) is 0.677. The molecule has 0 N–H and O–H groups in total. The molecular weight excluding hydrogens is 208 g/mol. The van der Waals surface area contributed by atoms with Gasteiger partial charge >= 0.3 is 0 Å². The molecular formula is C16H28O. The van der Waals surface area contributed by atoms with Crippen LogP contribution in [-0.4, -0.2) is 5.78 Å². The lowest BCUT2D eigenvalue weighted by atomic mass is 9.65. The van der Waals surface area contributed by atoms with E-state index in [2.05, 4.69) is 41.5 Å². The molecule has 3 atom stereocenters. The molecule has 0 radical (unpaired) electrons. The van der Waals surface area contributed by atoms with Crippen molar-refractivity contribution in [3.8, 4) is 0 Å². The van der Waals surface area contributed by atoms with Gasteiger partial charge in [-0.2, -0.15) is 0 Å². The molecule has 2 saturated carbocycles. The van der Waals surface area contributed by atoms with Crippen LogP contribution in [-0.2, 0) is 4.79 Å². The number of carbonyl (C=O) groups excluding carboxylic acids is 1. The summed E-state index contributed by atoms with van der Waals surface area (Å²) in [6, 6.07) is 0. The molecule has 2 aliphatic carbocycles. The molecule has 0 spiro atoms. The molecule has 0 amide bonds. The highest BCUT2D eigenvalue weighted by atomic mass is 16.1. The molecule has 2 rings (SSSR count). The normalized spacial score (nSPS) is 39.6. The number of fused-ring (bicyclic) bond motifs is 2. The maximum absolute atomic E-state index is 12.3. The van der Waals surface area contributed by atoms with Crippen LogP contribution in [0.4, 0.5) is 0 Å². The molecule has 0 aromatic heterocycles. The Balaban J connectivity index is 2.14. The molecule has 2 aliphatic rings. The van der Waals surface area contributed by atoms with E-state index < -0.39 is 0 Å². The average Bonchev–Trinajstić information content (AvgIpc) is 2.49. The first-order chi connectivity index (χ1) is 7.59. The number of hydrogen-bond acceptors (Lipinski definition) is 1. The lowest BCUT2D eigenvalue weighted by molar-refractivity contribution is -0.128. The van der Waals surface area contributed by atoms with Crippen LogP contribution in [0.5, 0.6) is 0 Å². The van der Waals surface area contributed by atoms with Gasteiger partial charge in [0, 0.05) is 11.8 Å². The molecule has 0 aromatic carbocycles. The lowest BCUT2D eigenvalue weighted by Gasteiger charge is -2.39. The molecule has 17 heavy (non-hydrogen) atoms. The van der Waals surface area contributed by atoms with Gasteiger partial charge in [0.25, 0.3) is 0 Å². The summed E-state index contributed by atoms with van der Waals surface area (Å²) in [5.74, 6) is 1.93. The van der Waals surface area contributed by atoms with Crippen molar-refractivity contribution in [2.75, 3.05) is 0 Å². The van der Waals surface area contributed by atoms with Gasteiger partial charge in [-0.25, -0.2) is 0 Å². The Kier molecular flexibility index (Phi) is 2.76. The van der Waals surface area contributed by atoms with Gasteiger partial charge in [-0.1, -0.05) is 41.5 Å². The Labute approximate surface area is 106 Å². The molecule has 2 fully saturated rings. The maximum Gasteiger partial charge on any atom is 0.138 e. The highest BCUT2D eigenvalue weighted by molar-refractivity contribution is 5.84. The van der Waals surface area contributed by atoms with Crippen LogP contribution in [0.25, 0.3) is 0 Å². The van der Waals surface area contributed by atoms with Crippen molar-refractivity contribution in [2.24, 2.45) is 28.1 Å². The number of ketones is 1. The van der Waals surface area contributed by atoms with Gasteiger partial charge in [-0.15, -0.1) is 0 Å². The third kappa shape index (κ3) is 1.77. The van der Waals surface area contributed by atoms with Gasteiger partial charge < -0.3 is 0 Å². The fourth-order valence-corrected chi connectivity index (χ4v) is 4.21. The number of Topliss-reactive ketones (excluding diaryl/α,β-unsaturated/α-hetero) is 1. The molecule has 1 heteroatoms. The van der Waals surface area contributed by atoms with E-state index in [0.717, 1.165) is 12.3 Å². The zero-order valence-electron chi connectivity index (χ0n) is 12.4. The molecule has 3 unspecified atom stereocenters. The summed E-state index contributed by atoms with van der Waals surface area (Å²) in [6.07, 6.45) is 4.79. The summed E-state index contributed by atoms with van der Waals surface area (Å²) in [6.45, 7) is 13.4. The van der Waals surface area contributed by atoms with Crippen LogP contribution in [0, 0.1) is 28.1 Å². The van der Waals surface area contributed by atoms with Crippen molar-refractivity contribution >= 4 is 5.78 Å². The second-order valence-electron chi connectivity index (χ2n) is 8.18. The molecule has 2 bridgehead atoms. The van der Waals surface area contributed by atoms with Crippen LogP contribution in [0.15, 0.2) is 0 Å². The minimum atomic E-state index is -0.164. The van der Waals surface area contributed by atoms with Crippen LogP contribution >= 0.6 is 0 Å². The van der Waals surface area contributed by atoms with Crippen molar-refractivity contribution < 1.29 is 4.79 Å². The van der Waals surface area contributed by atoms with E-state index in [1.807, 2.05) is 0 Å². The van der Waals surface area contributed by atoms with Crippen molar-refractivity contribution in [1.82, 2.24) is 0 Å². The van der Waals surface area contributed by atoms with E-state index in [-0.39, 0.29) is 5.41 Å². The Hall–Kier alpha value is -0.330. The topological polar surface area (TPSA) is 17.1 Å². The van der Waals surface area contributed by atoms with E-state index in [1.54, 1.807) is 0 Å². The van der Waals surface area contributed by atoms with Crippen LogP contribution in [0.1, 0.15) is 67.2 Å². The summed E-state index contributed by atoms with van der Waals surface area (Å²) in [5, 5.41) is 0. The Morgan fingerprint density at radius 2 is 1.82 bits per heavy atom. The van der Waals surface area contributed by atoms with Crippen molar-refractivity contribution in [2.45, 2.75) is 67.2 Å². The molecule has 0 aliphatic heterocycles. The van der Waals surface area contributed by atoms with E-state index in [9.17, 15) is 4.79 Å². The molecule has 0 heterocycles. The predicted molar refractivity (Wildman–Crippen MR) is 71.8 cm³/mol. The zero-order chi connectivity index (χ0) is 13.1. The fourth-order valence-electron chi connectivity index (χ4n) is 4.21. The maximum atomic E-state index is 12.3. The van der Waals surface area contributed by atoms with Gasteiger partial charge in [0.1, 0.15) is 5.78 Å². The van der Waals surface area contributed by atoms with Gasteiger partial charge in [0.05, 0.1) is 0 Å². The Bertz CT molecular complexity index is 334. The summed E-state index contributed by atoms with van der Waals surface area (Å²) in [4.78, 5) is 12.3. The smallest absolute Gasteiger partial charge is 0.138 e.